The number of nitrogens with zero attached hydrogens (tertiary/aromatic N) is 2. The van der Waals surface area contributed by atoms with Crippen LogP contribution in [-0.4, -0.2) is 77.2 Å². The van der Waals surface area contributed by atoms with Crippen LogP contribution < -0.4 is 9.64 Å². The van der Waals surface area contributed by atoms with E-state index in [1.807, 2.05) is 36.4 Å². The molecule has 1 aromatic rings. The number of cyclic esters (lactones) is 1. The van der Waals surface area contributed by atoms with Crippen molar-refractivity contribution in [2.75, 3.05) is 38.3 Å². The van der Waals surface area contributed by atoms with E-state index in [1.165, 1.54) is 0 Å². The predicted octanol–water partition coefficient (Wildman–Crippen LogP) is 3.73. The van der Waals surface area contributed by atoms with Crippen LogP contribution in [0.1, 0.15) is 44.9 Å². The molecule has 4 heterocycles. The van der Waals surface area contributed by atoms with Crippen molar-refractivity contribution in [1.82, 2.24) is 4.90 Å². The summed E-state index contributed by atoms with van der Waals surface area (Å²) in [5.41, 5.74) is 0.739. The van der Waals surface area contributed by atoms with Gasteiger partial charge in [0.25, 0.3) is 5.91 Å². The van der Waals surface area contributed by atoms with Crippen molar-refractivity contribution in [3.05, 3.63) is 48.6 Å². The molecule has 39 heavy (non-hydrogen) atoms. The Morgan fingerprint density at radius 1 is 1.05 bits per heavy atom. The van der Waals surface area contributed by atoms with Gasteiger partial charge in [-0.15, -0.1) is 11.8 Å². The number of hydrogen-bond acceptors (Lipinski definition) is 7. The van der Waals surface area contributed by atoms with E-state index >= 15 is 0 Å². The molecule has 5 rings (SSSR count). The number of rotatable bonds is 8. The fourth-order valence-corrected chi connectivity index (χ4v) is 8.40. The minimum atomic E-state index is -0.854. The lowest BCUT2D eigenvalue weighted by Crippen LogP contribution is -2.53. The summed E-state index contributed by atoms with van der Waals surface area (Å²) < 4.78 is 10.1. The second-order valence-corrected chi connectivity index (χ2v) is 12.1. The summed E-state index contributed by atoms with van der Waals surface area (Å²) in [5, 5.41) is 8.92. The van der Waals surface area contributed by atoms with Gasteiger partial charge in [-0.25, -0.2) is 0 Å². The quantitative estimate of drug-likeness (QED) is 0.297. The Kier molecular flexibility index (Phi) is 8.67. The molecule has 2 saturated heterocycles. The second kappa shape index (κ2) is 12.2. The van der Waals surface area contributed by atoms with Crippen molar-refractivity contribution < 1.29 is 29.0 Å². The van der Waals surface area contributed by atoms with E-state index in [-0.39, 0.29) is 29.6 Å². The lowest BCUT2D eigenvalue weighted by molar-refractivity contribution is -0.153. The number of unbranched alkanes of at least 4 members (excludes halogenated alkanes) is 3. The zero-order chi connectivity index (χ0) is 27.4. The molecular weight excluding hydrogens is 516 g/mol. The van der Waals surface area contributed by atoms with Crippen molar-refractivity contribution >= 4 is 35.2 Å². The minimum absolute atomic E-state index is 0.134. The van der Waals surface area contributed by atoms with Crippen molar-refractivity contribution in [2.45, 2.75) is 61.0 Å². The standard InChI is InChI=1S/C30H38N2O6S/c1-37-22-14-12-21(13-15-22)31-18-10-16-30-25(24-23(39-30)11-6-2-5-9-20-38-29(24)36)27(34)32(26(30)28(31)35)17-7-3-4-8-19-33/h6,10-16,23-26,33H,2-5,7-9,17-20H2,1H3/b11-6-/t23-,24+,25+,26?,30+/m1/s1. The van der Waals surface area contributed by atoms with Gasteiger partial charge in [0.1, 0.15) is 11.8 Å². The minimum Gasteiger partial charge on any atom is -0.497 e. The number of benzene rings is 1. The van der Waals surface area contributed by atoms with Crippen LogP contribution >= 0.6 is 11.8 Å². The highest BCUT2D eigenvalue weighted by molar-refractivity contribution is 8.02. The van der Waals surface area contributed by atoms with Gasteiger partial charge < -0.3 is 24.4 Å². The van der Waals surface area contributed by atoms with Crippen molar-refractivity contribution in [1.29, 1.82) is 0 Å². The zero-order valence-corrected chi connectivity index (χ0v) is 23.3. The molecular formula is C30H38N2O6S. The van der Waals surface area contributed by atoms with Gasteiger partial charge >= 0.3 is 5.97 Å². The second-order valence-electron chi connectivity index (χ2n) is 10.7. The maximum absolute atomic E-state index is 14.4. The van der Waals surface area contributed by atoms with Gasteiger partial charge in [-0.05, 0) is 56.4 Å². The van der Waals surface area contributed by atoms with Crippen LogP contribution in [-0.2, 0) is 19.1 Å². The molecule has 1 N–H and O–H groups in total. The van der Waals surface area contributed by atoms with E-state index in [0.717, 1.165) is 44.2 Å². The molecule has 1 aromatic carbocycles. The van der Waals surface area contributed by atoms with E-state index in [9.17, 15) is 14.4 Å². The van der Waals surface area contributed by atoms with E-state index in [4.69, 9.17) is 14.6 Å². The van der Waals surface area contributed by atoms with E-state index < -0.39 is 22.6 Å². The number of fused-ring (bicyclic) bond motifs is 2. The third-order valence-corrected chi connectivity index (χ3v) is 10.0. The van der Waals surface area contributed by atoms with Crippen LogP contribution in [0.3, 0.4) is 0 Å². The number of likely N-dealkylation sites (tertiary alicyclic amines) is 1. The molecule has 2 amide bonds. The Morgan fingerprint density at radius 2 is 1.85 bits per heavy atom. The summed E-state index contributed by atoms with van der Waals surface area (Å²) in [5.74, 6) is -1.21. The number of carbonyl (C=O) groups is 3. The number of aliphatic hydroxyl groups is 1. The molecule has 0 saturated carbocycles. The Labute approximate surface area is 234 Å². The average Bonchev–Trinajstić information content (AvgIpc) is 3.33. The molecule has 1 spiro atoms. The Hall–Kier alpha value is -2.78. The number of amides is 2. The molecule has 8 nitrogen and oxygen atoms in total. The first-order valence-electron chi connectivity index (χ1n) is 14.1. The number of ether oxygens (including phenoxy) is 2. The van der Waals surface area contributed by atoms with Crippen LogP contribution in [0.5, 0.6) is 5.75 Å². The van der Waals surface area contributed by atoms with Crippen LogP contribution in [0.2, 0.25) is 0 Å². The molecule has 9 heteroatoms. The number of anilines is 1. The topological polar surface area (TPSA) is 96.4 Å². The van der Waals surface area contributed by atoms with Crippen molar-refractivity contribution in [2.24, 2.45) is 11.8 Å². The molecule has 0 bridgehead atoms. The number of methoxy groups -OCH3 is 1. The van der Waals surface area contributed by atoms with Crippen LogP contribution in [0, 0.1) is 11.8 Å². The summed E-state index contributed by atoms with van der Waals surface area (Å²) in [6.45, 7) is 1.31. The first-order valence-corrected chi connectivity index (χ1v) is 15.0. The first kappa shape index (κ1) is 27.8. The normalized spacial score (nSPS) is 31.3. The van der Waals surface area contributed by atoms with E-state index in [2.05, 4.69) is 12.2 Å². The smallest absolute Gasteiger partial charge is 0.311 e. The monoisotopic (exact) mass is 554 g/mol. The molecule has 5 atom stereocenters. The molecule has 4 aliphatic heterocycles. The highest BCUT2D eigenvalue weighted by atomic mass is 32.2. The van der Waals surface area contributed by atoms with Crippen molar-refractivity contribution in [3.8, 4) is 5.75 Å². The van der Waals surface area contributed by atoms with Gasteiger partial charge in [-0.3, -0.25) is 14.4 Å². The lowest BCUT2D eigenvalue weighted by atomic mass is 9.78. The summed E-state index contributed by atoms with van der Waals surface area (Å²) in [7, 11) is 1.60. The van der Waals surface area contributed by atoms with Gasteiger partial charge in [0.05, 0.1) is 30.3 Å². The Balaban J connectivity index is 1.52. The third kappa shape index (κ3) is 5.23. The van der Waals surface area contributed by atoms with Gasteiger partial charge in [0, 0.05) is 30.6 Å². The van der Waals surface area contributed by atoms with Crippen LogP contribution in [0.4, 0.5) is 5.69 Å². The van der Waals surface area contributed by atoms with E-state index in [0.29, 0.717) is 31.9 Å². The summed E-state index contributed by atoms with van der Waals surface area (Å²) in [4.78, 5) is 45.5. The van der Waals surface area contributed by atoms with E-state index in [1.54, 1.807) is 28.7 Å². The number of aliphatic hydroxyl groups excluding tert-OH is 1. The molecule has 0 aromatic heterocycles. The van der Waals surface area contributed by atoms with Gasteiger partial charge in [0.2, 0.25) is 5.91 Å². The maximum Gasteiger partial charge on any atom is 0.311 e. The molecule has 210 valence electrons. The summed E-state index contributed by atoms with van der Waals surface area (Å²) in [6.07, 6.45) is 14.0. The fraction of sp³-hybridized carbons (Fsp3) is 0.567. The molecule has 4 aliphatic rings. The van der Waals surface area contributed by atoms with Crippen molar-refractivity contribution in [3.63, 3.8) is 0 Å². The van der Waals surface area contributed by atoms with Gasteiger partial charge in [-0.2, -0.15) is 0 Å². The predicted molar refractivity (Wildman–Crippen MR) is 151 cm³/mol. The average molecular weight is 555 g/mol. The van der Waals surface area contributed by atoms with Crippen LogP contribution in [0.25, 0.3) is 0 Å². The van der Waals surface area contributed by atoms with Gasteiger partial charge in [-0.1, -0.05) is 37.1 Å². The SMILES string of the molecule is COc1ccc(N2CC=C[C@]34S[C@@H]5/C=C\CCCCOC(=O)[C@@H]5[C@H]3C(=O)N(CCCCCCO)C4C2=O)cc1. The largest absolute Gasteiger partial charge is 0.497 e. The molecule has 0 aliphatic carbocycles. The third-order valence-electron chi connectivity index (χ3n) is 8.29. The highest BCUT2D eigenvalue weighted by Gasteiger charge is 2.70. The summed E-state index contributed by atoms with van der Waals surface area (Å²) in [6, 6.07) is 6.65. The Morgan fingerprint density at radius 3 is 2.62 bits per heavy atom. The summed E-state index contributed by atoms with van der Waals surface area (Å²) >= 11 is 1.58. The maximum atomic E-state index is 14.4. The molecule has 0 radical (unpaired) electrons. The number of hydrogen-bond donors (Lipinski definition) is 1. The zero-order valence-electron chi connectivity index (χ0n) is 22.5. The molecule has 1 unspecified atom stereocenters. The fourth-order valence-electron chi connectivity index (χ4n) is 6.40. The number of carbonyl (C=O) groups excluding carboxylic acids is 3. The Bertz CT molecular complexity index is 1120. The number of allylic oxidation sites excluding steroid dienone is 1. The number of esters is 1. The first-order chi connectivity index (χ1) is 19.0. The number of thioether (sulfide) groups is 1. The molecule has 2 fully saturated rings. The highest BCUT2D eigenvalue weighted by Crippen LogP contribution is 2.60. The lowest BCUT2D eigenvalue weighted by Gasteiger charge is -2.35. The van der Waals surface area contributed by atoms with Crippen LogP contribution in [0.15, 0.2) is 48.6 Å². The van der Waals surface area contributed by atoms with Gasteiger partial charge in [0.15, 0.2) is 0 Å².